The van der Waals surface area contributed by atoms with E-state index in [2.05, 4.69) is 12.2 Å². The zero-order valence-corrected chi connectivity index (χ0v) is 11.4. The highest BCUT2D eigenvalue weighted by Crippen LogP contribution is 2.33. The van der Waals surface area contributed by atoms with Crippen LogP contribution in [0.1, 0.15) is 36.5 Å². The van der Waals surface area contributed by atoms with Gasteiger partial charge in [0.15, 0.2) is 0 Å². The lowest BCUT2D eigenvalue weighted by Gasteiger charge is -2.16. The summed E-state index contributed by atoms with van der Waals surface area (Å²) in [5, 5.41) is 12.0. The highest BCUT2D eigenvalue weighted by Gasteiger charge is 2.30. The van der Waals surface area contributed by atoms with Gasteiger partial charge < -0.3 is 10.4 Å². The molecule has 2 unspecified atom stereocenters. The molecular formula is C14H16ClNO3. The van der Waals surface area contributed by atoms with E-state index < -0.39 is 5.97 Å². The summed E-state index contributed by atoms with van der Waals surface area (Å²) in [7, 11) is 0. The summed E-state index contributed by atoms with van der Waals surface area (Å²) < 4.78 is 0. The van der Waals surface area contributed by atoms with Gasteiger partial charge >= 0.3 is 5.97 Å². The maximum absolute atomic E-state index is 12.1. The highest BCUT2D eigenvalue weighted by molar-refractivity contribution is 6.33. The number of carboxylic acid groups (broad SMARTS) is 1. The predicted molar refractivity (Wildman–Crippen MR) is 73.5 cm³/mol. The fraction of sp³-hybridized carbons (Fsp3) is 0.429. The normalized spacial score (nSPS) is 22.2. The standard InChI is InChI=1S/C14H16ClNO3/c1-8-3-2-4-10(8)13(17)16-12-7-9(14(18)19)5-6-11(12)15/h5-8,10H,2-4H2,1H3,(H,16,17)(H,18,19). The van der Waals surface area contributed by atoms with Crippen molar-refractivity contribution < 1.29 is 14.7 Å². The molecule has 2 atom stereocenters. The van der Waals surface area contributed by atoms with Gasteiger partial charge in [0.2, 0.25) is 5.91 Å². The third-order valence-electron chi connectivity index (χ3n) is 3.67. The van der Waals surface area contributed by atoms with Crippen molar-refractivity contribution in [2.24, 2.45) is 11.8 Å². The molecule has 0 saturated heterocycles. The number of carbonyl (C=O) groups excluding carboxylic acids is 1. The Kier molecular flexibility index (Phi) is 4.10. The first-order chi connectivity index (χ1) is 8.99. The number of aromatic carboxylic acids is 1. The quantitative estimate of drug-likeness (QED) is 0.892. The van der Waals surface area contributed by atoms with E-state index >= 15 is 0 Å². The van der Waals surface area contributed by atoms with Crippen molar-refractivity contribution in [3.05, 3.63) is 28.8 Å². The molecule has 1 fully saturated rings. The molecule has 102 valence electrons. The van der Waals surface area contributed by atoms with Crippen molar-refractivity contribution in [3.63, 3.8) is 0 Å². The second-order valence-corrected chi connectivity index (χ2v) is 5.41. The number of benzene rings is 1. The molecule has 4 nitrogen and oxygen atoms in total. The van der Waals surface area contributed by atoms with Crippen LogP contribution in [-0.2, 0) is 4.79 Å². The minimum Gasteiger partial charge on any atom is -0.478 e. The SMILES string of the molecule is CC1CCCC1C(=O)Nc1cc(C(=O)O)ccc1Cl. The molecule has 0 heterocycles. The number of carbonyl (C=O) groups is 2. The lowest BCUT2D eigenvalue weighted by atomic mass is 9.97. The number of rotatable bonds is 3. The van der Waals surface area contributed by atoms with E-state index in [0.717, 1.165) is 19.3 Å². The van der Waals surface area contributed by atoms with Gasteiger partial charge in [-0.15, -0.1) is 0 Å². The van der Waals surface area contributed by atoms with E-state index in [1.54, 1.807) is 0 Å². The van der Waals surface area contributed by atoms with Crippen LogP contribution in [0.2, 0.25) is 5.02 Å². The van der Waals surface area contributed by atoms with Crippen LogP contribution in [0.15, 0.2) is 18.2 Å². The van der Waals surface area contributed by atoms with Crippen LogP contribution in [0.5, 0.6) is 0 Å². The molecule has 2 N–H and O–H groups in total. The molecule has 1 aromatic carbocycles. The van der Waals surface area contributed by atoms with Gasteiger partial charge in [-0.05, 0) is 37.0 Å². The Hall–Kier alpha value is -1.55. The molecule has 0 radical (unpaired) electrons. The fourth-order valence-corrected chi connectivity index (χ4v) is 2.68. The number of hydrogen-bond acceptors (Lipinski definition) is 2. The molecule has 5 heteroatoms. The molecule has 1 aliphatic carbocycles. The lowest BCUT2D eigenvalue weighted by molar-refractivity contribution is -0.120. The van der Waals surface area contributed by atoms with Crippen LogP contribution < -0.4 is 5.32 Å². The fourth-order valence-electron chi connectivity index (χ4n) is 2.51. The van der Waals surface area contributed by atoms with Crippen molar-refractivity contribution in [2.45, 2.75) is 26.2 Å². The average Bonchev–Trinajstić information content (AvgIpc) is 2.78. The third kappa shape index (κ3) is 3.07. The molecule has 1 aromatic rings. The molecule has 19 heavy (non-hydrogen) atoms. The Morgan fingerprint density at radius 2 is 2.11 bits per heavy atom. The number of carboxylic acids is 1. The number of nitrogens with one attached hydrogen (secondary N) is 1. The Bertz CT molecular complexity index is 515. The van der Waals surface area contributed by atoms with Crippen molar-refractivity contribution in [1.29, 1.82) is 0 Å². The van der Waals surface area contributed by atoms with Gasteiger partial charge in [-0.25, -0.2) is 4.79 Å². The first-order valence-corrected chi connectivity index (χ1v) is 6.70. The first kappa shape index (κ1) is 13.9. The van der Waals surface area contributed by atoms with E-state index in [9.17, 15) is 9.59 Å². The molecule has 0 bridgehead atoms. The largest absolute Gasteiger partial charge is 0.478 e. The van der Waals surface area contributed by atoms with Gasteiger partial charge in [0, 0.05) is 5.92 Å². The molecule has 0 aliphatic heterocycles. The summed E-state index contributed by atoms with van der Waals surface area (Å²) in [4.78, 5) is 23.0. The van der Waals surface area contributed by atoms with E-state index in [0.29, 0.717) is 16.6 Å². The molecule has 1 amide bonds. The first-order valence-electron chi connectivity index (χ1n) is 6.32. The third-order valence-corrected chi connectivity index (χ3v) is 4.00. The van der Waals surface area contributed by atoms with Gasteiger partial charge in [-0.1, -0.05) is 24.9 Å². The van der Waals surface area contributed by atoms with E-state index in [4.69, 9.17) is 16.7 Å². The Morgan fingerprint density at radius 3 is 2.68 bits per heavy atom. The average molecular weight is 282 g/mol. The summed E-state index contributed by atoms with van der Waals surface area (Å²) in [5.74, 6) is -0.762. The Labute approximate surface area is 116 Å². The monoisotopic (exact) mass is 281 g/mol. The number of hydrogen-bond donors (Lipinski definition) is 2. The van der Waals surface area contributed by atoms with Crippen LogP contribution in [-0.4, -0.2) is 17.0 Å². The minimum atomic E-state index is -1.04. The molecule has 2 rings (SSSR count). The summed E-state index contributed by atoms with van der Waals surface area (Å²) >= 11 is 5.98. The number of amides is 1. The van der Waals surface area contributed by atoms with E-state index in [-0.39, 0.29) is 17.4 Å². The topological polar surface area (TPSA) is 66.4 Å². The number of halogens is 1. The van der Waals surface area contributed by atoms with Gasteiger partial charge in [-0.3, -0.25) is 4.79 Å². The molecule has 0 spiro atoms. The van der Waals surface area contributed by atoms with Crippen molar-refractivity contribution in [1.82, 2.24) is 0 Å². The van der Waals surface area contributed by atoms with Crippen LogP contribution in [0.25, 0.3) is 0 Å². The highest BCUT2D eigenvalue weighted by atomic mass is 35.5. The van der Waals surface area contributed by atoms with Crippen molar-refractivity contribution >= 4 is 29.2 Å². The van der Waals surface area contributed by atoms with Crippen LogP contribution in [0.3, 0.4) is 0 Å². The van der Waals surface area contributed by atoms with Crippen LogP contribution >= 0.6 is 11.6 Å². The van der Waals surface area contributed by atoms with Gasteiger partial charge in [0.1, 0.15) is 0 Å². The summed E-state index contributed by atoms with van der Waals surface area (Å²) in [5.41, 5.74) is 0.477. The number of anilines is 1. The molecular weight excluding hydrogens is 266 g/mol. The predicted octanol–water partition coefficient (Wildman–Crippen LogP) is 3.41. The Morgan fingerprint density at radius 1 is 1.37 bits per heavy atom. The molecule has 0 aromatic heterocycles. The second-order valence-electron chi connectivity index (χ2n) is 5.00. The summed E-state index contributed by atoms with van der Waals surface area (Å²) in [6, 6.07) is 4.29. The Balaban J connectivity index is 2.16. The molecule has 1 aliphatic rings. The smallest absolute Gasteiger partial charge is 0.335 e. The van der Waals surface area contributed by atoms with E-state index in [1.807, 2.05) is 0 Å². The zero-order valence-electron chi connectivity index (χ0n) is 10.6. The zero-order chi connectivity index (χ0) is 14.0. The summed E-state index contributed by atoms with van der Waals surface area (Å²) in [6.45, 7) is 2.06. The van der Waals surface area contributed by atoms with E-state index in [1.165, 1.54) is 18.2 Å². The van der Waals surface area contributed by atoms with Gasteiger partial charge in [0.25, 0.3) is 0 Å². The van der Waals surface area contributed by atoms with Gasteiger partial charge in [-0.2, -0.15) is 0 Å². The molecule has 1 saturated carbocycles. The maximum atomic E-state index is 12.1. The second kappa shape index (κ2) is 5.61. The summed E-state index contributed by atoms with van der Waals surface area (Å²) in [6.07, 6.45) is 2.99. The van der Waals surface area contributed by atoms with Crippen molar-refractivity contribution in [2.75, 3.05) is 5.32 Å². The maximum Gasteiger partial charge on any atom is 0.335 e. The van der Waals surface area contributed by atoms with Crippen LogP contribution in [0.4, 0.5) is 5.69 Å². The lowest BCUT2D eigenvalue weighted by Crippen LogP contribution is -2.24. The van der Waals surface area contributed by atoms with Crippen LogP contribution in [0, 0.1) is 11.8 Å². The van der Waals surface area contributed by atoms with Gasteiger partial charge in [0.05, 0.1) is 16.3 Å². The minimum absolute atomic E-state index is 0.00968. The van der Waals surface area contributed by atoms with Crippen molar-refractivity contribution in [3.8, 4) is 0 Å².